The molecule has 0 aliphatic heterocycles. The average molecular weight is 233 g/mol. The maximum Gasteiger partial charge on any atom is 0.446 e. The van der Waals surface area contributed by atoms with Gasteiger partial charge in [-0.3, -0.25) is 0 Å². The van der Waals surface area contributed by atoms with Crippen LogP contribution in [0, 0.1) is 0 Å². The summed E-state index contributed by atoms with van der Waals surface area (Å²) < 4.78 is 36.2. The first-order chi connectivity index (χ1) is 6.92. The molecule has 0 fully saturated rings. The largest absolute Gasteiger partial charge is 0.446 e. The van der Waals surface area contributed by atoms with Crippen molar-refractivity contribution in [2.45, 2.75) is 10.4 Å². The lowest BCUT2D eigenvalue weighted by Gasteiger charge is -2.08. The molecule has 1 aromatic carbocycles. The van der Waals surface area contributed by atoms with Gasteiger partial charge in [0, 0.05) is 11.4 Å². The Bertz CT molecular complexity index is 360. The number of thioether (sulfide) groups is 1. The molecule has 1 rings (SSSR count). The van der Waals surface area contributed by atoms with E-state index >= 15 is 0 Å². The van der Waals surface area contributed by atoms with Crippen LogP contribution >= 0.6 is 11.8 Å². The number of alkyl halides is 3. The lowest BCUT2D eigenvalue weighted by atomic mass is 10.1. The molecule has 0 saturated heterocycles. The Balaban J connectivity index is 2.88. The summed E-state index contributed by atoms with van der Waals surface area (Å²) in [6, 6.07) is 6.10. The quantitative estimate of drug-likeness (QED) is 0.811. The molecule has 5 heteroatoms. The molecule has 2 N–H and O–H groups in total. The van der Waals surface area contributed by atoms with Crippen molar-refractivity contribution >= 4 is 17.3 Å². The van der Waals surface area contributed by atoms with Crippen LogP contribution in [0.4, 0.5) is 13.2 Å². The van der Waals surface area contributed by atoms with Crippen LogP contribution in [-0.2, 0) is 0 Å². The van der Waals surface area contributed by atoms with Crippen molar-refractivity contribution in [2.75, 3.05) is 6.54 Å². The molecule has 1 aromatic rings. The fourth-order valence-corrected chi connectivity index (χ4v) is 1.63. The van der Waals surface area contributed by atoms with Crippen molar-refractivity contribution in [2.24, 2.45) is 5.73 Å². The lowest BCUT2D eigenvalue weighted by Crippen LogP contribution is -2.02. The Hall–Kier alpha value is -0.940. The van der Waals surface area contributed by atoms with Crippen LogP contribution in [0.25, 0.3) is 5.57 Å². The molecule has 0 aliphatic carbocycles. The van der Waals surface area contributed by atoms with Gasteiger partial charge in [0.15, 0.2) is 0 Å². The molecular weight excluding hydrogens is 223 g/mol. The van der Waals surface area contributed by atoms with E-state index in [2.05, 4.69) is 6.58 Å². The molecule has 0 bridgehead atoms. The van der Waals surface area contributed by atoms with Gasteiger partial charge >= 0.3 is 5.51 Å². The van der Waals surface area contributed by atoms with Gasteiger partial charge < -0.3 is 5.73 Å². The molecule has 0 amide bonds. The smallest absolute Gasteiger partial charge is 0.326 e. The average Bonchev–Trinajstić information content (AvgIpc) is 2.14. The molecule has 0 radical (unpaired) electrons. The Morgan fingerprint density at radius 2 is 2.07 bits per heavy atom. The minimum Gasteiger partial charge on any atom is -0.326 e. The second-order valence-electron chi connectivity index (χ2n) is 2.88. The zero-order chi connectivity index (χ0) is 11.5. The van der Waals surface area contributed by atoms with E-state index in [0.717, 1.165) is 0 Å². The van der Waals surface area contributed by atoms with Gasteiger partial charge in [0.05, 0.1) is 0 Å². The van der Waals surface area contributed by atoms with Crippen molar-refractivity contribution in [3.63, 3.8) is 0 Å². The van der Waals surface area contributed by atoms with Gasteiger partial charge in [-0.1, -0.05) is 18.7 Å². The Labute approximate surface area is 90.2 Å². The third-order valence-corrected chi connectivity index (χ3v) is 2.44. The number of hydrogen-bond acceptors (Lipinski definition) is 2. The number of halogens is 3. The van der Waals surface area contributed by atoms with Crippen LogP contribution in [0.1, 0.15) is 5.56 Å². The van der Waals surface area contributed by atoms with Gasteiger partial charge in [-0.25, -0.2) is 0 Å². The standard InChI is InChI=1S/C10H10F3NS/c1-7(6-14)8-3-2-4-9(5-8)15-10(11,12)13/h2-5H,1,6,14H2. The second kappa shape index (κ2) is 4.72. The van der Waals surface area contributed by atoms with Gasteiger partial charge in [-0.05, 0) is 35.0 Å². The van der Waals surface area contributed by atoms with E-state index in [1.165, 1.54) is 12.1 Å². The third kappa shape index (κ3) is 3.97. The van der Waals surface area contributed by atoms with Gasteiger partial charge in [0.25, 0.3) is 0 Å². The summed E-state index contributed by atoms with van der Waals surface area (Å²) in [5.41, 5.74) is 2.36. The molecule has 82 valence electrons. The summed E-state index contributed by atoms with van der Waals surface area (Å²) in [4.78, 5) is 0.148. The van der Waals surface area contributed by atoms with E-state index in [4.69, 9.17) is 5.73 Å². The Kier molecular flexibility index (Phi) is 3.82. The summed E-state index contributed by atoms with van der Waals surface area (Å²) in [6.45, 7) is 3.90. The molecule has 0 aliphatic rings. The predicted molar refractivity (Wildman–Crippen MR) is 56.4 cm³/mol. The lowest BCUT2D eigenvalue weighted by molar-refractivity contribution is -0.0328. The van der Waals surface area contributed by atoms with E-state index in [1.807, 2.05) is 0 Å². The molecule has 0 heterocycles. The topological polar surface area (TPSA) is 26.0 Å². The molecule has 1 nitrogen and oxygen atoms in total. The molecule has 0 saturated carbocycles. The highest BCUT2D eigenvalue weighted by molar-refractivity contribution is 8.00. The van der Waals surface area contributed by atoms with Crippen LogP contribution in [0.3, 0.4) is 0 Å². The van der Waals surface area contributed by atoms with E-state index in [-0.39, 0.29) is 23.2 Å². The van der Waals surface area contributed by atoms with E-state index in [1.54, 1.807) is 12.1 Å². The van der Waals surface area contributed by atoms with Crippen LogP contribution in [0.5, 0.6) is 0 Å². The van der Waals surface area contributed by atoms with Crippen LogP contribution in [0.15, 0.2) is 35.7 Å². The van der Waals surface area contributed by atoms with Crippen molar-refractivity contribution in [1.29, 1.82) is 0 Å². The Morgan fingerprint density at radius 3 is 2.60 bits per heavy atom. The Morgan fingerprint density at radius 1 is 1.40 bits per heavy atom. The molecule has 0 atom stereocenters. The first kappa shape index (κ1) is 12.1. The zero-order valence-corrected chi connectivity index (χ0v) is 8.66. The monoisotopic (exact) mass is 233 g/mol. The minimum atomic E-state index is -4.26. The maximum absolute atomic E-state index is 12.1. The third-order valence-electron chi connectivity index (χ3n) is 1.72. The van der Waals surface area contributed by atoms with Gasteiger partial charge in [-0.2, -0.15) is 13.2 Å². The molecule has 0 unspecified atom stereocenters. The number of benzene rings is 1. The maximum atomic E-state index is 12.1. The van der Waals surface area contributed by atoms with Crippen LogP contribution in [0.2, 0.25) is 0 Å². The van der Waals surface area contributed by atoms with Crippen LogP contribution in [-0.4, -0.2) is 12.1 Å². The normalized spacial score (nSPS) is 11.5. The summed E-state index contributed by atoms with van der Waals surface area (Å²) in [6.07, 6.45) is 0. The predicted octanol–water partition coefficient (Wildman–Crippen LogP) is 3.27. The van der Waals surface area contributed by atoms with E-state index in [0.29, 0.717) is 11.1 Å². The van der Waals surface area contributed by atoms with E-state index < -0.39 is 5.51 Å². The number of hydrogen-bond donors (Lipinski definition) is 1. The number of rotatable bonds is 3. The van der Waals surface area contributed by atoms with Gasteiger partial charge in [0.1, 0.15) is 0 Å². The highest BCUT2D eigenvalue weighted by Crippen LogP contribution is 2.37. The fourth-order valence-electron chi connectivity index (χ4n) is 1.03. The fraction of sp³-hybridized carbons (Fsp3) is 0.200. The first-order valence-electron chi connectivity index (χ1n) is 4.16. The molecule has 15 heavy (non-hydrogen) atoms. The summed E-state index contributed by atoms with van der Waals surface area (Å²) in [5, 5.41) is 0. The van der Waals surface area contributed by atoms with Gasteiger partial charge in [-0.15, -0.1) is 0 Å². The van der Waals surface area contributed by atoms with Crippen molar-refractivity contribution < 1.29 is 13.2 Å². The second-order valence-corrected chi connectivity index (χ2v) is 4.02. The summed E-state index contributed by atoms with van der Waals surface area (Å²) >= 11 is -0.139. The molecular formula is C10H10F3NS. The van der Waals surface area contributed by atoms with Crippen molar-refractivity contribution in [3.8, 4) is 0 Å². The van der Waals surface area contributed by atoms with Crippen molar-refractivity contribution in [1.82, 2.24) is 0 Å². The highest BCUT2D eigenvalue weighted by Gasteiger charge is 2.29. The van der Waals surface area contributed by atoms with Crippen molar-refractivity contribution in [3.05, 3.63) is 36.4 Å². The van der Waals surface area contributed by atoms with E-state index in [9.17, 15) is 13.2 Å². The van der Waals surface area contributed by atoms with Crippen LogP contribution < -0.4 is 5.73 Å². The number of nitrogens with two attached hydrogens (primary N) is 1. The highest BCUT2D eigenvalue weighted by atomic mass is 32.2. The first-order valence-corrected chi connectivity index (χ1v) is 4.98. The molecule has 0 aromatic heterocycles. The van der Waals surface area contributed by atoms with Gasteiger partial charge in [0.2, 0.25) is 0 Å². The summed E-state index contributed by atoms with van der Waals surface area (Å²) in [7, 11) is 0. The minimum absolute atomic E-state index is 0.139. The molecule has 0 spiro atoms. The SMILES string of the molecule is C=C(CN)c1cccc(SC(F)(F)F)c1. The zero-order valence-electron chi connectivity index (χ0n) is 7.84. The summed E-state index contributed by atoms with van der Waals surface area (Å²) in [5.74, 6) is 0.